The van der Waals surface area contributed by atoms with Crippen LogP contribution < -0.4 is 18.9 Å². The maximum absolute atomic E-state index is 13.7. The molecule has 9 rings (SSSR count). The van der Waals surface area contributed by atoms with Crippen LogP contribution >= 0.6 is 0 Å². The second-order valence-corrected chi connectivity index (χ2v) is 26.4. The molecule has 9 aromatic rings. The van der Waals surface area contributed by atoms with Crippen LogP contribution in [0, 0.1) is 75.0 Å². The molecule has 0 aliphatic carbocycles. The summed E-state index contributed by atoms with van der Waals surface area (Å²) in [5, 5.41) is 26.1. The Morgan fingerprint density at radius 1 is 0.358 bits per heavy atom. The summed E-state index contributed by atoms with van der Waals surface area (Å²) in [6, 6.07) is 60.1. The molecular weight excluding hydrogens is 1340 g/mol. The molecule has 0 fully saturated rings. The van der Waals surface area contributed by atoms with E-state index in [4.69, 9.17) is 39.5 Å². The largest absolute Gasteiger partial charge is 0.494 e. The number of hydrogen-bond acceptors (Lipinski definition) is 12. The normalized spacial score (nSPS) is 11.6. The Hall–Kier alpha value is -11.2. The second-order valence-electron chi connectivity index (χ2n) is 26.4. The third-order valence-electron chi connectivity index (χ3n) is 17.8. The molecule has 12 nitrogen and oxygen atoms in total. The molecule has 0 spiro atoms. The molecule has 16 heteroatoms. The van der Waals surface area contributed by atoms with Crippen LogP contribution in [0.1, 0.15) is 214 Å². The van der Waals surface area contributed by atoms with Crippen LogP contribution in [0.15, 0.2) is 194 Å². The van der Waals surface area contributed by atoms with Crippen LogP contribution in [0.2, 0.25) is 0 Å². The minimum absolute atomic E-state index is 0.116. The van der Waals surface area contributed by atoms with Crippen LogP contribution in [0.5, 0.6) is 23.0 Å². The lowest BCUT2D eigenvalue weighted by molar-refractivity contribution is 0.0318. The lowest BCUT2D eigenvalue weighted by Gasteiger charge is -2.13. The number of ether oxygens (including phenoxy) is 5. The van der Waals surface area contributed by atoms with E-state index in [0.717, 1.165) is 122 Å². The highest BCUT2D eigenvalue weighted by Gasteiger charge is 2.19. The Kier molecular flexibility index (Phi) is 35.2. The molecule has 0 saturated carbocycles. The predicted octanol–water partition coefficient (Wildman–Crippen LogP) is 23.2. The van der Waals surface area contributed by atoms with Crippen molar-refractivity contribution in [2.24, 2.45) is 17.8 Å². The van der Waals surface area contributed by atoms with E-state index in [2.05, 4.69) is 97.9 Å². The maximum atomic E-state index is 13.7. The van der Waals surface area contributed by atoms with E-state index in [1.165, 1.54) is 60.9 Å². The van der Waals surface area contributed by atoms with Gasteiger partial charge in [-0.25, -0.2) is 36.7 Å². The Morgan fingerprint density at radius 3 is 1.03 bits per heavy atom. The van der Waals surface area contributed by atoms with Crippen LogP contribution in [0.25, 0.3) is 22.3 Å². The summed E-state index contributed by atoms with van der Waals surface area (Å²) >= 11 is 0. The number of unbranched alkanes of at least 4 members (excludes halogenated alkanes) is 6. The summed E-state index contributed by atoms with van der Waals surface area (Å²) in [5.74, 6) is -4.09. The summed E-state index contributed by atoms with van der Waals surface area (Å²) in [6.07, 6.45) is 16.5. The Balaban J connectivity index is 0.000000225. The number of halogens is 4. The quantitative estimate of drug-likeness (QED) is 0.0180. The van der Waals surface area contributed by atoms with E-state index in [9.17, 15) is 36.7 Å². The number of nitriles is 3. The summed E-state index contributed by atoms with van der Waals surface area (Å²) < 4.78 is 81.0. The first kappa shape index (κ1) is 83.8. The molecule has 0 aliphatic heterocycles. The van der Waals surface area contributed by atoms with Crippen molar-refractivity contribution in [2.75, 3.05) is 6.61 Å². The first-order valence-corrected chi connectivity index (χ1v) is 36.5. The first-order chi connectivity index (χ1) is 51.1. The van der Waals surface area contributed by atoms with Crippen molar-refractivity contribution in [3.63, 3.8) is 0 Å². The Bertz CT molecular complexity index is 4330. The first-order valence-electron chi connectivity index (χ1n) is 36.5. The minimum Gasteiger partial charge on any atom is -0.494 e. The summed E-state index contributed by atoms with van der Waals surface area (Å²) in [7, 11) is 0. The number of benzene rings is 9. The SMILES string of the molecule is CCC(C)Cc1ccc(-c2ccc(C#N)cc2)cc1.CCC(C)Cc1ccc(-c2ccc(C(=O)Oc3cc(F)c(C#N)c(F)c3)cc2)cc1.CCC(C)Cc1ccc(C(=O)Oc2cc(F)c(C#N)c(F)c2)cc1.CCCCCCOc1ccc(C(=O)Oc2ccc(C(=O)OC(C)CCCCCC)cc2)cc1. The van der Waals surface area contributed by atoms with Gasteiger partial charge >= 0.3 is 23.9 Å². The fourth-order valence-electron chi connectivity index (χ4n) is 10.8. The van der Waals surface area contributed by atoms with Crippen LogP contribution in [0.3, 0.4) is 0 Å². The summed E-state index contributed by atoms with van der Waals surface area (Å²) in [6.45, 7) is 20.1. The number of carbonyl (C=O) groups is 4. The summed E-state index contributed by atoms with van der Waals surface area (Å²) in [5.41, 5.74) is 8.83. The predicted molar refractivity (Wildman–Crippen MR) is 408 cm³/mol. The van der Waals surface area contributed by atoms with Crippen molar-refractivity contribution in [1.29, 1.82) is 15.8 Å². The molecule has 0 aromatic heterocycles. The van der Waals surface area contributed by atoms with E-state index >= 15 is 0 Å². The van der Waals surface area contributed by atoms with Gasteiger partial charge in [0, 0.05) is 24.3 Å². The lowest BCUT2D eigenvalue weighted by atomic mass is 9.96. The van der Waals surface area contributed by atoms with Gasteiger partial charge in [-0.1, -0.05) is 198 Å². The zero-order chi connectivity index (χ0) is 76.9. The van der Waals surface area contributed by atoms with Crippen molar-refractivity contribution in [3.05, 3.63) is 273 Å². The zero-order valence-electron chi connectivity index (χ0n) is 62.1. The van der Waals surface area contributed by atoms with Gasteiger partial charge in [0.2, 0.25) is 0 Å². The molecule has 0 N–H and O–H groups in total. The second kappa shape index (κ2) is 44.5. The smallest absolute Gasteiger partial charge is 0.343 e. The molecule has 552 valence electrons. The highest BCUT2D eigenvalue weighted by molar-refractivity contribution is 5.93. The average Bonchev–Trinajstić information content (AvgIpc) is 0.843. The van der Waals surface area contributed by atoms with Crippen molar-refractivity contribution >= 4 is 23.9 Å². The fourth-order valence-corrected chi connectivity index (χ4v) is 10.8. The standard InChI is InChI=1S/C28H38O5.C25H21F2NO2.C19H17F2NO2.C18H19N/c1-4-6-8-10-12-22(3)32-27(29)23-15-19-26(20-16-23)33-28(30)24-13-17-25(18-14-24)31-21-11-9-7-5-2;1-3-16(2)12-17-4-6-18(7-5-17)19-8-10-20(11-9-19)25(29)30-21-13-23(26)22(15-28)24(27)14-21;1-3-12(2)8-13-4-6-14(7-5-13)19(23)24-15-9-17(20)16(11-22)18(21)10-15;1-3-14(2)12-15-4-8-17(9-5-15)18-10-6-16(13-19)7-11-18/h13-20,22H,4-12,21H2,1-3H3;4-11,13-14,16H,3,12H2,1-2H3;4-7,9-10,12H,3,8H2,1-2H3;4-11,14H,3,12H2,1-2H3. The zero-order valence-corrected chi connectivity index (χ0v) is 62.1. The van der Waals surface area contributed by atoms with Gasteiger partial charge in [0.05, 0.1) is 46.6 Å². The molecule has 4 atom stereocenters. The van der Waals surface area contributed by atoms with Crippen LogP contribution in [-0.4, -0.2) is 36.6 Å². The number of carbonyl (C=O) groups excluding carboxylic acids is 4. The van der Waals surface area contributed by atoms with Crippen molar-refractivity contribution < 1.29 is 60.4 Å². The van der Waals surface area contributed by atoms with Gasteiger partial charge < -0.3 is 23.7 Å². The van der Waals surface area contributed by atoms with Gasteiger partial charge in [-0.15, -0.1) is 0 Å². The van der Waals surface area contributed by atoms with Gasteiger partial charge in [0.15, 0.2) is 0 Å². The number of esters is 4. The fraction of sp³-hybridized carbons (Fsp3) is 0.322. The highest BCUT2D eigenvalue weighted by Crippen LogP contribution is 2.28. The molecule has 0 bridgehead atoms. The van der Waals surface area contributed by atoms with E-state index in [0.29, 0.717) is 40.9 Å². The van der Waals surface area contributed by atoms with E-state index < -0.39 is 52.3 Å². The topological polar surface area (TPSA) is 186 Å². The molecule has 0 radical (unpaired) electrons. The van der Waals surface area contributed by atoms with Gasteiger partial charge in [-0.05, 0) is 187 Å². The van der Waals surface area contributed by atoms with Crippen molar-refractivity contribution in [2.45, 2.75) is 165 Å². The molecule has 106 heavy (non-hydrogen) atoms. The van der Waals surface area contributed by atoms with Gasteiger partial charge in [-0.3, -0.25) is 0 Å². The van der Waals surface area contributed by atoms with E-state index in [1.54, 1.807) is 84.9 Å². The van der Waals surface area contributed by atoms with Crippen molar-refractivity contribution in [1.82, 2.24) is 0 Å². The molecule has 4 unspecified atom stereocenters. The Morgan fingerprint density at radius 2 is 0.670 bits per heavy atom. The van der Waals surface area contributed by atoms with Gasteiger partial charge in [0.25, 0.3) is 0 Å². The molecule has 0 amide bonds. The Labute approximate surface area is 622 Å². The van der Waals surface area contributed by atoms with Gasteiger partial charge in [0.1, 0.15) is 69.5 Å². The minimum atomic E-state index is -1.08. The molecule has 0 saturated heterocycles. The van der Waals surface area contributed by atoms with E-state index in [1.807, 2.05) is 55.5 Å². The number of rotatable bonds is 30. The summed E-state index contributed by atoms with van der Waals surface area (Å²) in [4.78, 5) is 49.1. The third kappa shape index (κ3) is 27.8. The molecule has 9 aromatic carbocycles. The van der Waals surface area contributed by atoms with Crippen molar-refractivity contribution in [3.8, 4) is 63.5 Å². The highest BCUT2D eigenvalue weighted by atomic mass is 19.1. The van der Waals surface area contributed by atoms with Crippen LogP contribution in [0.4, 0.5) is 17.6 Å². The number of hydrogen-bond donors (Lipinski definition) is 0. The maximum Gasteiger partial charge on any atom is 0.343 e. The molecular formula is C90H95F4N3O9. The van der Waals surface area contributed by atoms with Crippen LogP contribution in [-0.2, 0) is 24.0 Å². The molecule has 0 aliphatic rings. The monoisotopic (exact) mass is 1440 g/mol. The number of nitrogens with zero attached hydrogens (tertiary/aromatic N) is 3. The lowest BCUT2D eigenvalue weighted by Crippen LogP contribution is -2.15. The van der Waals surface area contributed by atoms with E-state index in [-0.39, 0.29) is 34.7 Å². The third-order valence-corrected chi connectivity index (χ3v) is 17.8. The van der Waals surface area contributed by atoms with Gasteiger partial charge in [-0.2, -0.15) is 15.8 Å². The average molecular weight is 1440 g/mol. The molecule has 0 heterocycles.